The van der Waals surface area contributed by atoms with Gasteiger partial charge in [-0.1, -0.05) is 29.3 Å². The summed E-state index contributed by atoms with van der Waals surface area (Å²) in [6, 6.07) is 7.14. The molecule has 1 unspecified atom stereocenters. The van der Waals surface area contributed by atoms with Gasteiger partial charge in [-0.2, -0.15) is 0 Å². The number of nitrogens with two attached hydrogens (primary N) is 1. The van der Waals surface area contributed by atoms with E-state index in [1.807, 2.05) is 0 Å². The first kappa shape index (κ1) is 15.5. The first-order valence-electron chi connectivity index (χ1n) is 7.57. The average Bonchev–Trinajstić information content (AvgIpc) is 2.33. The SMILES string of the molecule is Cc1cc(C)cc(C(CN)N2CCN(C)C(C)(C)C2)c1. The molecule has 0 aliphatic carbocycles. The monoisotopic (exact) mass is 275 g/mol. The van der Waals surface area contributed by atoms with Crippen molar-refractivity contribution in [1.29, 1.82) is 0 Å². The van der Waals surface area contributed by atoms with Gasteiger partial charge in [0.15, 0.2) is 0 Å². The van der Waals surface area contributed by atoms with E-state index in [1.165, 1.54) is 16.7 Å². The minimum Gasteiger partial charge on any atom is -0.329 e. The summed E-state index contributed by atoms with van der Waals surface area (Å²) < 4.78 is 0. The fourth-order valence-electron chi connectivity index (χ4n) is 3.24. The lowest BCUT2D eigenvalue weighted by Gasteiger charge is -2.48. The van der Waals surface area contributed by atoms with E-state index in [4.69, 9.17) is 5.73 Å². The Morgan fingerprint density at radius 1 is 1.15 bits per heavy atom. The number of hydrogen-bond donors (Lipinski definition) is 1. The predicted molar refractivity (Wildman–Crippen MR) is 86.0 cm³/mol. The van der Waals surface area contributed by atoms with E-state index >= 15 is 0 Å². The molecule has 1 atom stereocenters. The van der Waals surface area contributed by atoms with Crippen molar-refractivity contribution in [3.63, 3.8) is 0 Å². The summed E-state index contributed by atoms with van der Waals surface area (Å²) in [7, 11) is 2.21. The van der Waals surface area contributed by atoms with E-state index in [9.17, 15) is 0 Å². The summed E-state index contributed by atoms with van der Waals surface area (Å²) in [6.45, 7) is 12.9. The molecule has 2 N–H and O–H groups in total. The quantitative estimate of drug-likeness (QED) is 0.919. The highest BCUT2D eigenvalue weighted by molar-refractivity contribution is 5.31. The van der Waals surface area contributed by atoms with Crippen LogP contribution in [0.2, 0.25) is 0 Å². The van der Waals surface area contributed by atoms with Crippen LogP contribution in [0.4, 0.5) is 0 Å². The number of hydrogen-bond acceptors (Lipinski definition) is 3. The number of piperazine rings is 1. The normalized spacial score (nSPS) is 21.9. The summed E-state index contributed by atoms with van der Waals surface area (Å²) in [4.78, 5) is 4.99. The zero-order chi connectivity index (χ0) is 14.9. The van der Waals surface area contributed by atoms with Gasteiger partial charge in [-0.3, -0.25) is 9.80 Å². The molecule has 1 aromatic carbocycles. The van der Waals surface area contributed by atoms with Crippen molar-refractivity contribution >= 4 is 0 Å². The molecule has 3 heteroatoms. The van der Waals surface area contributed by atoms with Crippen molar-refractivity contribution in [2.75, 3.05) is 33.2 Å². The number of nitrogens with zero attached hydrogens (tertiary/aromatic N) is 2. The zero-order valence-electron chi connectivity index (χ0n) is 13.6. The summed E-state index contributed by atoms with van der Waals surface area (Å²) in [5.74, 6) is 0. The number of likely N-dealkylation sites (N-methyl/N-ethyl adjacent to an activating group) is 1. The molecule has 0 radical (unpaired) electrons. The molecular formula is C17H29N3. The summed E-state index contributed by atoms with van der Waals surface area (Å²) >= 11 is 0. The third-order valence-corrected chi connectivity index (χ3v) is 4.64. The molecule has 1 heterocycles. The minimum atomic E-state index is 0.213. The van der Waals surface area contributed by atoms with Crippen LogP contribution in [0.3, 0.4) is 0 Å². The van der Waals surface area contributed by atoms with Gasteiger partial charge in [-0.05, 0) is 40.3 Å². The first-order valence-corrected chi connectivity index (χ1v) is 7.57. The van der Waals surface area contributed by atoms with Crippen LogP contribution in [0.5, 0.6) is 0 Å². The second-order valence-electron chi connectivity index (χ2n) is 6.88. The summed E-state index contributed by atoms with van der Waals surface area (Å²) in [5.41, 5.74) is 10.3. The van der Waals surface area contributed by atoms with Gasteiger partial charge >= 0.3 is 0 Å². The van der Waals surface area contributed by atoms with Crippen LogP contribution in [0.25, 0.3) is 0 Å². The second-order valence-corrected chi connectivity index (χ2v) is 6.88. The first-order chi connectivity index (χ1) is 9.33. The molecule has 0 spiro atoms. The second kappa shape index (κ2) is 5.84. The Morgan fingerprint density at radius 2 is 1.75 bits per heavy atom. The van der Waals surface area contributed by atoms with Crippen LogP contribution in [0.15, 0.2) is 18.2 Å². The third kappa shape index (κ3) is 3.22. The van der Waals surface area contributed by atoms with Crippen molar-refractivity contribution < 1.29 is 0 Å². The maximum atomic E-state index is 6.10. The molecule has 0 amide bonds. The van der Waals surface area contributed by atoms with Crippen molar-refractivity contribution in [2.45, 2.75) is 39.3 Å². The number of rotatable bonds is 3. The lowest BCUT2D eigenvalue weighted by molar-refractivity contribution is 0.0180. The Balaban J connectivity index is 2.24. The molecule has 1 aliphatic heterocycles. The highest BCUT2D eigenvalue weighted by Crippen LogP contribution is 2.28. The highest BCUT2D eigenvalue weighted by Gasteiger charge is 2.34. The molecule has 1 fully saturated rings. The van der Waals surface area contributed by atoms with Crippen molar-refractivity contribution in [3.8, 4) is 0 Å². The van der Waals surface area contributed by atoms with Gasteiger partial charge in [-0.15, -0.1) is 0 Å². The average molecular weight is 275 g/mol. The van der Waals surface area contributed by atoms with Crippen molar-refractivity contribution in [1.82, 2.24) is 9.80 Å². The van der Waals surface area contributed by atoms with E-state index in [1.54, 1.807) is 0 Å². The lowest BCUT2D eigenvalue weighted by Crippen LogP contribution is -2.58. The van der Waals surface area contributed by atoms with Crippen molar-refractivity contribution in [2.24, 2.45) is 5.73 Å². The highest BCUT2D eigenvalue weighted by atomic mass is 15.3. The van der Waals surface area contributed by atoms with E-state index in [0.717, 1.165) is 19.6 Å². The van der Waals surface area contributed by atoms with Crippen LogP contribution in [-0.2, 0) is 0 Å². The van der Waals surface area contributed by atoms with Gasteiger partial charge in [-0.25, -0.2) is 0 Å². The minimum absolute atomic E-state index is 0.213. The van der Waals surface area contributed by atoms with E-state index in [0.29, 0.717) is 12.6 Å². The van der Waals surface area contributed by atoms with Crippen LogP contribution in [0, 0.1) is 13.8 Å². The molecule has 3 nitrogen and oxygen atoms in total. The molecule has 0 saturated carbocycles. The molecule has 0 bridgehead atoms. The van der Waals surface area contributed by atoms with E-state index < -0.39 is 0 Å². The van der Waals surface area contributed by atoms with Gasteiger partial charge < -0.3 is 5.73 Å². The van der Waals surface area contributed by atoms with E-state index in [2.05, 4.69) is 62.7 Å². The standard InChI is InChI=1S/C17H29N3/c1-13-8-14(2)10-15(9-13)16(11-18)20-7-6-19(5)17(3,4)12-20/h8-10,16H,6-7,11-12,18H2,1-5H3. The Hall–Kier alpha value is -0.900. The summed E-state index contributed by atoms with van der Waals surface area (Å²) in [5, 5.41) is 0. The van der Waals surface area contributed by atoms with Gasteiger partial charge in [0.1, 0.15) is 0 Å². The van der Waals surface area contributed by atoms with Crippen LogP contribution >= 0.6 is 0 Å². The molecule has 1 aliphatic rings. The Kier molecular flexibility index (Phi) is 4.52. The fraction of sp³-hybridized carbons (Fsp3) is 0.647. The van der Waals surface area contributed by atoms with Gasteiger partial charge in [0.2, 0.25) is 0 Å². The third-order valence-electron chi connectivity index (χ3n) is 4.64. The predicted octanol–water partition coefficient (Wildman–Crippen LogP) is 2.33. The Labute approximate surface area is 123 Å². The Morgan fingerprint density at radius 3 is 2.25 bits per heavy atom. The molecule has 112 valence electrons. The molecule has 20 heavy (non-hydrogen) atoms. The maximum absolute atomic E-state index is 6.10. The fourth-order valence-corrected chi connectivity index (χ4v) is 3.24. The van der Waals surface area contributed by atoms with Crippen LogP contribution in [-0.4, -0.2) is 48.6 Å². The largest absolute Gasteiger partial charge is 0.329 e. The van der Waals surface area contributed by atoms with Crippen molar-refractivity contribution in [3.05, 3.63) is 34.9 Å². The van der Waals surface area contributed by atoms with Gasteiger partial charge in [0, 0.05) is 37.8 Å². The van der Waals surface area contributed by atoms with Crippen LogP contribution < -0.4 is 5.73 Å². The molecule has 0 aromatic heterocycles. The molecule has 2 rings (SSSR count). The molecule has 1 saturated heterocycles. The smallest absolute Gasteiger partial charge is 0.0471 e. The summed E-state index contributed by atoms with van der Waals surface area (Å²) in [6.07, 6.45) is 0. The zero-order valence-corrected chi connectivity index (χ0v) is 13.6. The molecule has 1 aromatic rings. The maximum Gasteiger partial charge on any atom is 0.0471 e. The van der Waals surface area contributed by atoms with Crippen LogP contribution in [0.1, 0.15) is 36.6 Å². The molecular weight excluding hydrogens is 246 g/mol. The van der Waals surface area contributed by atoms with Gasteiger partial charge in [0.05, 0.1) is 0 Å². The topological polar surface area (TPSA) is 32.5 Å². The Bertz CT molecular complexity index is 447. The van der Waals surface area contributed by atoms with Gasteiger partial charge in [0.25, 0.3) is 0 Å². The lowest BCUT2D eigenvalue weighted by atomic mass is 9.94. The number of aryl methyl sites for hydroxylation is 2. The number of benzene rings is 1. The van der Waals surface area contributed by atoms with E-state index in [-0.39, 0.29) is 5.54 Å².